The van der Waals surface area contributed by atoms with E-state index >= 15 is 0 Å². The molecule has 1 unspecified atom stereocenters. The third kappa shape index (κ3) is 4.54. The summed E-state index contributed by atoms with van der Waals surface area (Å²) in [6.45, 7) is 0.636. The number of hydrogen-bond donors (Lipinski definition) is 1. The molecule has 5 nitrogen and oxygen atoms in total. The lowest BCUT2D eigenvalue weighted by molar-refractivity contribution is -0.121. The van der Waals surface area contributed by atoms with Crippen molar-refractivity contribution in [1.82, 2.24) is 5.32 Å². The third-order valence-corrected chi connectivity index (χ3v) is 5.17. The molecule has 1 aliphatic carbocycles. The lowest BCUT2D eigenvalue weighted by Gasteiger charge is -2.15. The molecule has 0 aromatic heterocycles. The maximum atomic E-state index is 12.4. The number of aryl methyl sites for hydroxylation is 1. The molecule has 144 valence electrons. The van der Waals surface area contributed by atoms with E-state index in [-0.39, 0.29) is 11.8 Å². The van der Waals surface area contributed by atoms with Gasteiger partial charge >= 0.3 is 0 Å². The van der Waals surface area contributed by atoms with Gasteiger partial charge in [-0.3, -0.25) is 4.79 Å². The Hall–Kier alpha value is -2.69. The van der Waals surface area contributed by atoms with Crippen LogP contribution in [0.25, 0.3) is 0 Å². The Labute approximate surface area is 160 Å². The molecule has 2 aromatic carbocycles. The number of methoxy groups -OCH3 is 3. The average molecular weight is 369 g/mol. The Balaban J connectivity index is 1.53. The van der Waals surface area contributed by atoms with Gasteiger partial charge in [0.15, 0.2) is 11.5 Å². The molecule has 27 heavy (non-hydrogen) atoms. The highest BCUT2D eigenvalue weighted by Crippen LogP contribution is 2.41. The molecule has 1 amide bonds. The smallest absolute Gasteiger partial charge is 0.220 e. The van der Waals surface area contributed by atoms with Crippen LogP contribution in [0, 0.1) is 0 Å². The molecule has 0 radical (unpaired) electrons. The molecule has 3 rings (SSSR count). The SMILES string of the molecule is COc1ccc(CCNC(=O)CC2CCc3cc(OC)c(OC)cc32)cc1. The Morgan fingerprint density at radius 2 is 1.74 bits per heavy atom. The largest absolute Gasteiger partial charge is 0.497 e. The zero-order valence-electron chi connectivity index (χ0n) is 16.2. The van der Waals surface area contributed by atoms with Crippen molar-refractivity contribution in [2.45, 2.75) is 31.6 Å². The maximum absolute atomic E-state index is 12.4. The van der Waals surface area contributed by atoms with Gasteiger partial charge in [0.25, 0.3) is 0 Å². The number of rotatable bonds is 8. The molecule has 0 saturated heterocycles. The van der Waals surface area contributed by atoms with E-state index in [9.17, 15) is 4.79 Å². The third-order valence-electron chi connectivity index (χ3n) is 5.17. The first-order valence-corrected chi connectivity index (χ1v) is 9.29. The monoisotopic (exact) mass is 369 g/mol. The summed E-state index contributed by atoms with van der Waals surface area (Å²) in [7, 11) is 4.94. The van der Waals surface area contributed by atoms with E-state index in [0.29, 0.717) is 13.0 Å². The van der Waals surface area contributed by atoms with Gasteiger partial charge in [-0.05, 0) is 66.1 Å². The van der Waals surface area contributed by atoms with Crippen LogP contribution in [0.3, 0.4) is 0 Å². The second-order valence-electron chi connectivity index (χ2n) is 6.79. The molecule has 0 spiro atoms. The standard InChI is InChI=1S/C22H27NO4/c1-25-18-8-4-15(5-9-18)10-11-23-22(24)13-17-7-6-16-12-20(26-2)21(27-3)14-19(16)17/h4-5,8-9,12,14,17H,6-7,10-11,13H2,1-3H3,(H,23,24). The normalized spacial score (nSPS) is 15.1. The molecule has 0 saturated carbocycles. The molecule has 0 bridgehead atoms. The fourth-order valence-electron chi connectivity index (χ4n) is 3.67. The Morgan fingerprint density at radius 3 is 2.41 bits per heavy atom. The van der Waals surface area contributed by atoms with Gasteiger partial charge in [-0.15, -0.1) is 0 Å². The second kappa shape index (κ2) is 8.80. The summed E-state index contributed by atoms with van der Waals surface area (Å²) in [6.07, 6.45) is 3.27. The highest BCUT2D eigenvalue weighted by atomic mass is 16.5. The summed E-state index contributed by atoms with van der Waals surface area (Å²) in [6, 6.07) is 12.0. The van der Waals surface area contributed by atoms with Gasteiger partial charge in [-0.2, -0.15) is 0 Å². The van der Waals surface area contributed by atoms with Crippen molar-refractivity contribution in [3.63, 3.8) is 0 Å². The van der Waals surface area contributed by atoms with Crippen LogP contribution in [0.1, 0.15) is 35.4 Å². The summed E-state index contributed by atoms with van der Waals surface area (Å²) in [5, 5.41) is 3.04. The molecule has 0 aliphatic heterocycles. The summed E-state index contributed by atoms with van der Waals surface area (Å²) in [5.41, 5.74) is 3.64. The highest BCUT2D eigenvalue weighted by Gasteiger charge is 2.26. The average Bonchev–Trinajstić information content (AvgIpc) is 3.08. The van der Waals surface area contributed by atoms with E-state index in [1.54, 1.807) is 21.3 Å². The lowest BCUT2D eigenvalue weighted by Crippen LogP contribution is -2.26. The zero-order valence-corrected chi connectivity index (χ0v) is 16.2. The van der Waals surface area contributed by atoms with Gasteiger partial charge in [-0.25, -0.2) is 0 Å². The fourth-order valence-corrected chi connectivity index (χ4v) is 3.67. The van der Waals surface area contributed by atoms with Crippen molar-refractivity contribution >= 4 is 5.91 Å². The molecular weight excluding hydrogens is 342 g/mol. The van der Waals surface area contributed by atoms with Crippen LogP contribution < -0.4 is 19.5 Å². The first-order chi connectivity index (χ1) is 13.1. The fraction of sp³-hybridized carbons (Fsp3) is 0.409. The minimum Gasteiger partial charge on any atom is -0.497 e. The van der Waals surface area contributed by atoms with E-state index < -0.39 is 0 Å². The van der Waals surface area contributed by atoms with Crippen LogP contribution in [0.4, 0.5) is 0 Å². The topological polar surface area (TPSA) is 56.8 Å². The van der Waals surface area contributed by atoms with Crippen molar-refractivity contribution < 1.29 is 19.0 Å². The number of nitrogens with one attached hydrogen (secondary N) is 1. The second-order valence-corrected chi connectivity index (χ2v) is 6.79. The number of carbonyl (C=O) groups is 1. The predicted molar refractivity (Wildman–Crippen MR) is 105 cm³/mol. The highest BCUT2D eigenvalue weighted by molar-refractivity contribution is 5.77. The number of ether oxygens (including phenoxy) is 3. The summed E-state index contributed by atoms with van der Waals surface area (Å²) in [5.74, 6) is 2.65. The van der Waals surface area contributed by atoms with Crippen molar-refractivity contribution in [2.24, 2.45) is 0 Å². The maximum Gasteiger partial charge on any atom is 0.220 e. The molecule has 2 aromatic rings. The Morgan fingerprint density at radius 1 is 1.04 bits per heavy atom. The minimum atomic E-state index is 0.0937. The lowest BCUT2D eigenvalue weighted by atomic mass is 9.97. The zero-order chi connectivity index (χ0) is 19.2. The summed E-state index contributed by atoms with van der Waals surface area (Å²) >= 11 is 0. The number of amides is 1. The van der Waals surface area contributed by atoms with Crippen molar-refractivity contribution in [2.75, 3.05) is 27.9 Å². The minimum absolute atomic E-state index is 0.0937. The van der Waals surface area contributed by atoms with E-state index in [1.165, 1.54) is 16.7 Å². The van der Waals surface area contributed by atoms with E-state index in [1.807, 2.05) is 36.4 Å². The summed E-state index contributed by atoms with van der Waals surface area (Å²) < 4.78 is 15.9. The van der Waals surface area contributed by atoms with Crippen molar-refractivity contribution in [3.05, 3.63) is 53.1 Å². The van der Waals surface area contributed by atoms with Gasteiger partial charge in [0, 0.05) is 13.0 Å². The quantitative estimate of drug-likeness (QED) is 0.774. The molecule has 1 aliphatic rings. The number of carbonyl (C=O) groups excluding carboxylic acids is 1. The van der Waals surface area contributed by atoms with Gasteiger partial charge in [0.2, 0.25) is 5.91 Å². The van der Waals surface area contributed by atoms with Crippen molar-refractivity contribution in [1.29, 1.82) is 0 Å². The van der Waals surface area contributed by atoms with Crippen LogP contribution in [0.2, 0.25) is 0 Å². The number of hydrogen-bond acceptors (Lipinski definition) is 4. The van der Waals surface area contributed by atoms with Gasteiger partial charge in [0.05, 0.1) is 21.3 Å². The van der Waals surface area contributed by atoms with Crippen LogP contribution in [0.5, 0.6) is 17.2 Å². The Bertz CT molecular complexity index is 786. The molecular formula is C22H27NO4. The molecule has 0 fully saturated rings. The van der Waals surface area contributed by atoms with Gasteiger partial charge in [-0.1, -0.05) is 12.1 Å². The molecule has 1 atom stereocenters. The Kier molecular flexibility index (Phi) is 6.22. The number of fused-ring (bicyclic) bond motifs is 1. The number of benzene rings is 2. The van der Waals surface area contributed by atoms with Crippen molar-refractivity contribution in [3.8, 4) is 17.2 Å². The van der Waals surface area contributed by atoms with Crippen LogP contribution in [0.15, 0.2) is 36.4 Å². The van der Waals surface area contributed by atoms with Crippen LogP contribution in [-0.2, 0) is 17.6 Å². The van der Waals surface area contributed by atoms with Crippen LogP contribution >= 0.6 is 0 Å². The molecule has 0 heterocycles. The molecule has 5 heteroatoms. The van der Waals surface area contributed by atoms with Crippen LogP contribution in [-0.4, -0.2) is 33.8 Å². The first kappa shape index (κ1) is 19.1. The van der Waals surface area contributed by atoms with Gasteiger partial charge in [0.1, 0.15) is 5.75 Å². The van der Waals surface area contributed by atoms with E-state index in [0.717, 1.165) is 36.5 Å². The van der Waals surface area contributed by atoms with Gasteiger partial charge < -0.3 is 19.5 Å². The molecule has 1 N–H and O–H groups in total. The van der Waals surface area contributed by atoms with E-state index in [4.69, 9.17) is 14.2 Å². The predicted octanol–water partition coefficient (Wildman–Crippen LogP) is 3.49. The van der Waals surface area contributed by atoms with E-state index in [2.05, 4.69) is 5.32 Å². The first-order valence-electron chi connectivity index (χ1n) is 9.29. The summed E-state index contributed by atoms with van der Waals surface area (Å²) in [4.78, 5) is 12.4.